The van der Waals surface area contributed by atoms with Crippen LogP contribution < -0.4 is 0 Å². The van der Waals surface area contributed by atoms with Crippen LogP contribution in [0.25, 0.3) is 0 Å². The van der Waals surface area contributed by atoms with E-state index >= 15 is 0 Å². The Bertz CT molecular complexity index is 556. The van der Waals surface area contributed by atoms with Gasteiger partial charge in [-0.25, -0.2) is 0 Å². The number of nitriles is 2. The highest BCUT2D eigenvalue weighted by molar-refractivity contribution is 6.09. The summed E-state index contributed by atoms with van der Waals surface area (Å²) >= 11 is 0. The number of nitrogens with zero attached hydrogens (tertiary/aromatic N) is 2. The fraction of sp³-hybridized carbons (Fsp3) is 0.562. The van der Waals surface area contributed by atoms with Crippen molar-refractivity contribution in [3.05, 3.63) is 23.3 Å². The van der Waals surface area contributed by atoms with Gasteiger partial charge in [0, 0.05) is 0 Å². The van der Waals surface area contributed by atoms with Crippen LogP contribution in [0.3, 0.4) is 0 Å². The van der Waals surface area contributed by atoms with Crippen LogP contribution in [0.4, 0.5) is 0 Å². The van der Waals surface area contributed by atoms with Crippen LogP contribution in [0.2, 0.25) is 0 Å². The summed E-state index contributed by atoms with van der Waals surface area (Å²) in [6.07, 6.45) is 5.14. The summed E-state index contributed by atoms with van der Waals surface area (Å²) in [6, 6.07) is 4.35. The van der Waals surface area contributed by atoms with Crippen LogP contribution in [0.1, 0.15) is 33.6 Å². The summed E-state index contributed by atoms with van der Waals surface area (Å²) in [5.74, 6) is 0.506. The largest absolute Gasteiger partial charge is 0.288 e. The Balaban J connectivity index is 2.63. The quantitative estimate of drug-likeness (QED) is 0.722. The molecule has 98 valence electrons. The predicted octanol–water partition coefficient (Wildman–Crippen LogP) is 3.16. The van der Waals surface area contributed by atoms with Gasteiger partial charge in [-0.1, -0.05) is 20.8 Å². The van der Waals surface area contributed by atoms with Gasteiger partial charge in [0.15, 0.2) is 5.78 Å². The van der Waals surface area contributed by atoms with Crippen molar-refractivity contribution in [2.75, 3.05) is 0 Å². The molecule has 0 amide bonds. The lowest BCUT2D eigenvalue weighted by atomic mass is 9.55. The van der Waals surface area contributed by atoms with Gasteiger partial charge in [0.1, 0.15) is 11.5 Å². The average Bonchev–Trinajstić information content (AvgIpc) is 2.39. The van der Waals surface area contributed by atoms with E-state index in [1.807, 2.05) is 6.07 Å². The topological polar surface area (TPSA) is 64.7 Å². The Labute approximate surface area is 114 Å². The molecule has 2 rings (SSSR count). The highest BCUT2D eigenvalue weighted by Crippen LogP contribution is 2.53. The first kappa shape index (κ1) is 13.6. The second-order valence-corrected chi connectivity index (χ2v) is 5.94. The van der Waals surface area contributed by atoms with Crippen molar-refractivity contribution in [1.29, 1.82) is 10.5 Å². The number of hydrogen-bond donors (Lipinski definition) is 0. The summed E-state index contributed by atoms with van der Waals surface area (Å²) in [6.45, 7) is 6.27. The molecule has 1 fully saturated rings. The second-order valence-electron chi connectivity index (χ2n) is 5.94. The standard InChI is InChI=1S/C16H18N2O/c1-10(2)13-5-4-11(3)14-6-15(19)12(8-17)7-16(13,14)9-18/h6-7,10-11,13H,4-5H2,1-3H3/t11-,13+,16-/m1/s1. The molecule has 2 aliphatic carbocycles. The summed E-state index contributed by atoms with van der Waals surface area (Å²) < 4.78 is 0. The molecule has 0 saturated heterocycles. The number of fused-ring (bicyclic) bond motifs is 1. The highest BCUT2D eigenvalue weighted by Gasteiger charge is 2.49. The van der Waals surface area contributed by atoms with E-state index in [0.29, 0.717) is 5.92 Å². The normalized spacial score (nSPS) is 33.9. The van der Waals surface area contributed by atoms with E-state index in [4.69, 9.17) is 5.26 Å². The van der Waals surface area contributed by atoms with Crippen molar-refractivity contribution in [3.8, 4) is 12.1 Å². The third-order valence-corrected chi connectivity index (χ3v) is 4.54. The van der Waals surface area contributed by atoms with E-state index in [1.54, 1.807) is 12.2 Å². The van der Waals surface area contributed by atoms with Gasteiger partial charge in [0.2, 0.25) is 0 Å². The lowest BCUT2D eigenvalue weighted by molar-refractivity contribution is -0.111. The van der Waals surface area contributed by atoms with Gasteiger partial charge >= 0.3 is 0 Å². The third-order valence-electron chi connectivity index (χ3n) is 4.54. The molecule has 0 spiro atoms. The molecule has 3 heteroatoms. The van der Waals surface area contributed by atoms with E-state index in [9.17, 15) is 10.1 Å². The molecule has 0 aromatic carbocycles. The summed E-state index contributed by atoms with van der Waals surface area (Å²) in [5, 5.41) is 18.8. The van der Waals surface area contributed by atoms with E-state index in [-0.39, 0.29) is 23.2 Å². The Morgan fingerprint density at radius 2 is 2.05 bits per heavy atom. The van der Waals surface area contributed by atoms with E-state index in [0.717, 1.165) is 18.4 Å². The minimum absolute atomic E-state index is 0.116. The lowest BCUT2D eigenvalue weighted by Crippen LogP contribution is -2.41. The minimum Gasteiger partial charge on any atom is -0.288 e. The summed E-state index contributed by atoms with van der Waals surface area (Å²) in [5.41, 5.74) is 0.263. The molecule has 3 atom stereocenters. The molecule has 1 saturated carbocycles. The van der Waals surface area contributed by atoms with E-state index in [1.165, 1.54) is 0 Å². The molecule has 0 aromatic rings. The molecule has 3 nitrogen and oxygen atoms in total. The van der Waals surface area contributed by atoms with Crippen LogP contribution in [-0.4, -0.2) is 5.78 Å². The first-order valence-corrected chi connectivity index (χ1v) is 6.77. The number of carbonyl (C=O) groups is 1. The van der Waals surface area contributed by atoms with Crippen molar-refractivity contribution in [2.45, 2.75) is 33.6 Å². The third kappa shape index (κ3) is 1.90. The van der Waals surface area contributed by atoms with Gasteiger partial charge in [0.05, 0.1) is 11.6 Å². The number of carbonyl (C=O) groups excluding carboxylic acids is 1. The number of ketones is 1. The second kappa shape index (κ2) is 4.67. The maximum absolute atomic E-state index is 11.9. The van der Waals surface area contributed by atoms with Gasteiger partial charge in [-0.3, -0.25) is 4.79 Å². The van der Waals surface area contributed by atoms with Crippen LogP contribution >= 0.6 is 0 Å². The predicted molar refractivity (Wildman–Crippen MR) is 71.6 cm³/mol. The van der Waals surface area contributed by atoms with Crippen molar-refractivity contribution < 1.29 is 4.79 Å². The van der Waals surface area contributed by atoms with Crippen LogP contribution in [0.5, 0.6) is 0 Å². The van der Waals surface area contributed by atoms with Gasteiger partial charge < -0.3 is 0 Å². The maximum atomic E-state index is 11.9. The molecular weight excluding hydrogens is 236 g/mol. The van der Waals surface area contributed by atoms with Gasteiger partial charge in [-0.2, -0.15) is 10.5 Å². The molecule has 0 radical (unpaired) electrons. The van der Waals surface area contributed by atoms with Gasteiger partial charge in [0.25, 0.3) is 0 Å². The Morgan fingerprint density at radius 1 is 1.37 bits per heavy atom. The molecule has 0 N–H and O–H groups in total. The van der Waals surface area contributed by atoms with Gasteiger partial charge in [-0.05, 0) is 48.3 Å². The zero-order valence-electron chi connectivity index (χ0n) is 11.6. The number of allylic oxidation sites excluding steroid dienone is 4. The molecule has 0 aromatic heterocycles. The van der Waals surface area contributed by atoms with E-state index in [2.05, 4.69) is 26.8 Å². The van der Waals surface area contributed by atoms with E-state index < -0.39 is 5.41 Å². The number of hydrogen-bond acceptors (Lipinski definition) is 3. The average molecular weight is 254 g/mol. The zero-order valence-corrected chi connectivity index (χ0v) is 11.6. The molecule has 2 aliphatic rings. The number of rotatable bonds is 1. The first-order chi connectivity index (χ1) is 8.96. The molecule has 0 unspecified atom stereocenters. The smallest absolute Gasteiger partial charge is 0.196 e. The van der Waals surface area contributed by atoms with Crippen molar-refractivity contribution in [1.82, 2.24) is 0 Å². The van der Waals surface area contributed by atoms with Crippen LogP contribution in [0, 0.1) is 45.8 Å². The van der Waals surface area contributed by atoms with Crippen molar-refractivity contribution >= 4 is 5.78 Å². The first-order valence-electron chi connectivity index (χ1n) is 6.77. The highest BCUT2D eigenvalue weighted by atomic mass is 16.1. The lowest BCUT2D eigenvalue weighted by Gasteiger charge is -2.45. The molecule has 0 bridgehead atoms. The summed E-state index contributed by atoms with van der Waals surface area (Å²) in [7, 11) is 0. The maximum Gasteiger partial charge on any atom is 0.196 e. The Morgan fingerprint density at radius 3 is 2.58 bits per heavy atom. The fourth-order valence-corrected chi connectivity index (χ4v) is 3.53. The minimum atomic E-state index is -0.759. The van der Waals surface area contributed by atoms with Crippen LogP contribution in [-0.2, 0) is 4.79 Å². The van der Waals surface area contributed by atoms with Gasteiger partial charge in [-0.15, -0.1) is 0 Å². The zero-order chi connectivity index (χ0) is 14.2. The SMILES string of the molecule is CC(C)[C@@H]1CC[C@@H](C)C2=CC(=O)C(C#N)=C[C@]21C#N. The monoisotopic (exact) mass is 254 g/mol. The summed E-state index contributed by atoms with van der Waals surface area (Å²) in [4.78, 5) is 11.9. The molecular formula is C16H18N2O. The molecule has 0 heterocycles. The van der Waals surface area contributed by atoms with Crippen LogP contribution in [0.15, 0.2) is 23.3 Å². The Hall–Kier alpha value is -1.87. The Kier molecular flexibility index (Phi) is 3.33. The van der Waals surface area contributed by atoms with Crippen molar-refractivity contribution in [2.24, 2.45) is 23.2 Å². The fourth-order valence-electron chi connectivity index (χ4n) is 3.53. The van der Waals surface area contributed by atoms with Crippen molar-refractivity contribution in [3.63, 3.8) is 0 Å². The molecule has 0 aliphatic heterocycles. The molecule has 19 heavy (non-hydrogen) atoms.